The van der Waals surface area contributed by atoms with Crippen LogP contribution < -0.4 is 16.8 Å². The smallest absolute Gasteiger partial charge is 0.0701 e. The Morgan fingerprint density at radius 3 is 1.46 bits per heavy atom. The highest BCUT2D eigenvalue weighted by atomic mass is 16.6. The SMILES string of the molecule is C1COCCO1.NCCNCCN. The topological polar surface area (TPSA) is 82.5 Å². The molecule has 5 nitrogen and oxygen atoms in total. The Balaban J connectivity index is 0.000000223. The summed E-state index contributed by atoms with van der Waals surface area (Å²) in [4.78, 5) is 0. The fourth-order valence-corrected chi connectivity index (χ4v) is 0.769. The highest BCUT2D eigenvalue weighted by molar-refractivity contribution is 4.45. The molecule has 1 heterocycles. The number of hydrogen-bond donors (Lipinski definition) is 3. The average Bonchev–Trinajstić information content (AvgIpc) is 2.22. The molecule has 1 aliphatic rings. The largest absolute Gasteiger partial charge is 0.377 e. The monoisotopic (exact) mass is 191 g/mol. The van der Waals surface area contributed by atoms with E-state index in [0.717, 1.165) is 39.5 Å². The summed E-state index contributed by atoms with van der Waals surface area (Å²) in [6.07, 6.45) is 0. The third kappa shape index (κ3) is 11.8. The maximum Gasteiger partial charge on any atom is 0.0701 e. The predicted octanol–water partition coefficient (Wildman–Crippen LogP) is -1.47. The molecule has 0 unspecified atom stereocenters. The minimum Gasteiger partial charge on any atom is -0.377 e. The lowest BCUT2D eigenvalue weighted by molar-refractivity contribution is -0.0334. The summed E-state index contributed by atoms with van der Waals surface area (Å²) in [5.74, 6) is 0. The van der Waals surface area contributed by atoms with Crippen molar-refractivity contribution in [1.29, 1.82) is 0 Å². The zero-order chi connectivity index (χ0) is 9.78. The quantitative estimate of drug-likeness (QED) is 0.472. The van der Waals surface area contributed by atoms with Crippen molar-refractivity contribution in [3.05, 3.63) is 0 Å². The lowest BCUT2D eigenvalue weighted by Gasteiger charge is -2.09. The van der Waals surface area contributed by atoms with Gasteiger partial charge in [0.1, 0.15) is 0 Å². The molecule has 0 spiro atoms. The van der Waals surface area contributed by atoms with Gasteiger partial charge in [0.05, 0.1) is 26.4 Å². The molecule has 0 amide bonds. The standard InChI is InChI=1S/C4H13N3.C4H8O2/c5-1-3-7-4-2-6;1-2-6-4-3-5-1/h7H,1-6H2;1-4H2. The van der Waals surface area contributed by atoms with Gasteiger partial charge in [0, 0.05) is 26.2 Å². The van der Waals surface area contributed by atoms with Crippen molar-refractivity contribution < 1.29 is 9.47 Å². The van der Waals surface area contributed by atoms with Gasteiger partial charge in [-0.25, -0.2) is 0 Å². The molecule has 5 heteroatoms. The van der Waals surface area contributed by atoms with Crippen molar-refractivity contribution >= 4 is 0 Å². The second-order valence-corrected chi connectivity index (χ2v) is 2.55. The van der Waals surface area contributed by atoms with E-state index in [9.17, 15) is 0 Å². The van der Waals surface area contributed by atoms with Gasteiger partial charge in [-0.3, -0.25) is 0 Å². The molecule has 1 saturated heterocycles. The average molecular weight is 191 g/mol. The van der Waals surface area contributed by atoms with Gasteiger partial charge in [0.25, 0.3) is 0 Å². The van der Waals surface area contributed by atoms with Gasteiger partial charge in [-0.1, -0.05) is 0 Å². The predicted molar refractivity (Wildman–Crippen MR) is 52.6 cm³/mol. The van der Waals surface area contributed by atoms with Crippen LogP contribution in [0.15, 0.2) is 0 Å². The first-order valence-corrected chi connectivity index (χ1v) is 4.68. The summed E-state index contributed by atoms with van der Waals surface area (Å²) in [7, 11) is 0. The number of nitrogens with one attached hydrogen (secondary N) is 1. The van der Waals surface area contributed by atoms with Crippen LogP contribution in [0.3, 0.4) is 0 Å². The second kappa shape index (κ2) is 11.8. The van der Waals surface area contributed by atoms with E-state index in [1.54, 1.807) is 0 Å². The molecule has 80 valence electrons. The molecule has 1 aliphatic heterocycles. The van der Waals surface area contributed by atoms with Crippen molar-refractivity contribution in [3.63, 3.8) is 0 Å². The van der Waals surface area contributed by atoms with Gasteiger partial charge >= 0.3 is 0 Å². The summed E-state index contributed by atoms with van der Waals surface area (Å²) in [5.41, 5.74) is 10.3. The molecule has 0 atom stereocenters. The van der Waals surface area contributed by atoms with Gasteiger partial charge in [0.2, 0.25) is 0 Å². The summed E-state index contributed by atoms with van der Waals surface area (Å²) in [6, 6.07) is 0. The molecule has 13 heavy (non-hydrogen) atoms. The van der Waals surface area contributed by atoms with Crippen LogP contribution in [0.2, 0.25) is 0 Å². The molecule has 0 aliphatic carbocycles. The van der Waals surface area contributed by atoms with Crippen molar-refractivity contribution in [2.75, 3.05) is 52.6 Å². The first-order valence-electron chi connectivity index (χ1n) is 4.68. The Hall–Kier alpha value is -0.200. The van der Waals surface area contributed by atoms with Gasteiger partial charge in [-0.15, -0.1) is 0 Å². The first kappa shape index (κ1) is 12.8. The molecule has 1 rings (SSSR count). The Labute approximate surface area is 79.8 Å². The van der Waals surface area contributed by atoms with Crippen LogP contribution in [0.25, 0.3) is 0 Å². The zero-order valence-electron chi connectivity index (χ0n) is 8.13. The fourth-order valence-electron chi connectivity index (χ4n) is 0.769. The Morgan fingerprint density at radius 2 is 1.23 bits per heavy atom. The van der Waals surface area contributed by atoms with Gasteiger partial charge in [-0.2, -0.15) is 0 Å². The Kier molecular flexibility index (Phi) is 11.6. The van der Waals surface area contributed by atoms with Crippen LogP contribution in [0.5, 0.6) is 0 Å². The molecule has 1 fully saturated rings. The van der Waals surface area contributed by atoms with Crippen molar-refractivity contribution in [3.8, 4) is 0 Å². The van der Waals surface area contributed by atoms with E-state index in [1.165, 1.54) is 0 Å². The minimum absolute atomic E-state index is 0.694. The van der Waals surface area contributed by atoms with Crippen LogP contribution in [0.1, 0.15) is 0 Å². The van der Waals surface area contributed by atoms with E-state index >= 15 is 0 Å². The third-order valence-electron chi connectivity index (χ3n) is 1.39. The summed E-state index contributed by atoms with van der Waals surface area (Å²) in [6.45, 7) is 6.24. The molecular formula is C8H21N3O2. The summed E-state index contributed by atoms with van der Waals surface area (Å²) in [5, 5.41) is 3.03. The molecule has 0 aromatic carbocycles. The van der Waals surface area contributed by atoms with E-state index in [4.69, 9.17) is 20.9 Å². The van der Waals surface area contributed by atoms with Gasteiger partial charge in [-0.05, 0) is 0 Å². The first-order chi connectivity index (χ1) is 6.41. The van der Waals surface area contributed by atoms with Gasteiger partial charge in [0.15, 0.2) is 0 Å². The van der Waals surface area contributed by atoms with Gasteiger partial charge < -0.3 is 26.3 Å². The van der Waals surface area contributed by atoms with Crippen molar-refractivity contribution in [2.24, 2.45) is 11.5 Å². The van der Waals surface area contributed by atoms with E-state index in [-0.39, 0.29) is 0 Å². The molecule has 5 N–H and O–H groups in total. The zero-order valence-corrected chi connectivity index (χ0v) is 8.13. The van der Waals surface area contributed by atoms with Crippen LogP contribution in [0, 0.1) is 0 Å². The molecular weight excluding hydrogens is 170 g/mol. The van der Waals surface area contributed by atoms with E-state index in [1.807, 2.05) is 0 Å². The molecule has 0 aromatic rings. The number of rotatable bonds is 4. The maximum atomic E-state index is 5.17. The molecule has 0 aromatic heterocycles. The van der Waals surface area contributed by atoms with E-state index < -0.39 is 0 Å². The third-order valence-corrected chi connectivity index (χ3v) is 1.39. The normalized spacial score (nSPS) is 16.2. The Bertz CT molecular complexity index is 73.9. The van der Waals surface area contributed by atoms with Crippen LogP contribution in [0.4, 0.5) is 0 Å². The molecule has 0 radical (unpaired) electrons. The minimum atomic E-state index is 0.694. The molecule has 0 saturated carbocycles. The van der Waals surface area contributed by atoms with E-state index in [0.29, 0.717) is 13.1 Å². The van der Waals surface area contributed by atoms with Crippen LogP contribution >= 0.6 is 0 Å². The number of nitrogens with two attached hydrogens (primary N) is 2. The summed E-state index contributed by atoms with van der Waals surface area (Å²) < 4.78 is 9.89. The molecule has 0 bridgehead atoms. The fraction of sp³-hybridized carbons (Fsp3) is 1.00. The summed E-state index contributed by atoms with van der Waals surface area (Å²) >= 11 is 0. The highest BCUT2D eigenvalue weighted by Gasteiger charge is 1.94. The maximum absolute atomic E-state index is 5.17. The van der Waals surface area contributed by atoms with Crippen molar-refractivity contribution in [1.82, 2.24) is 5.32 Å². The van der Waals surface area contributed by atoms with Crippen LogP contribution in [-0.4, -0.2) is 52.6 Å². The van der Waals surface area contributed by atoms with Crippen LogP contribution in [-0.2, 0) is 9.47 Å². The lowest BCUT2D eigenvalue weighted by Crippen LogP contribution is -2.27. The lowest BCUT2D eigenvalue weighted by atomic mass is 10.6. The second-order valence-electron chi connectivity index (χ2n) is 2.55. The van der Waals surface area contributed by atoms with Crippen molar-refractivity contribution in [2.45, 2.75) is 0 Å². The van der Waals surface area contributed by atoms with E-state index in [2.05, 4.69) is 5.32 Å². The number of ether oxygens (including phenoxy) is 2. The number of hydrogen-bond acceptors (Lipinski definition) is 5. The highest BCUT2D eigenvalue weighted by Crippen LogP contribution is 1.85. The Morgan fingerprint density at radius 1 is 0.846 bits per heavy atom.